The van der Waals surface area contributed by atoms with Crippen LogP contribution in [0.3, 0.4) is 0 Å². The molecule has 0 saturated carbocycles. The van der Waals surface area contributed by atoms with E-state index in [-0.39, 0.29) is 0 Å². The molecule has 2 aromatic carbocycles. The number of benzene rings is 2. The van der Waals surface area contributed by atoms with Gasteiger partial charge in [-0.05, 0) is 30.7 Å². The highest BCUT2D eigenvalue weighted by molar-refractivity contribution is 5.83. The van der Waals surface area contributed by atoms with Crippen LogP contribution < -0.4 is 0 Å². The minimum atomic E-state index is 0.574. The van der Waals surface area contributed by atoms with Crippen molar-refractivity contribution < 1.29 is 0 Å². The molecule has 0 aliphatic carbocycles. The Kier molecular flexibility index (Phi) is 4.47. The Hall–Kier alpha value is -3.77. The van der Waals surface area contributed by atoms with Crippen LogP contribution in [0.25, 0.3) is 33.8 Å². The second-order valence-corrected chi connectivity index (χ2v) is 6.34. The summed E-state index contributed by atoms with van der Waals surface area (Å²) in [5.41, 5.74) is 6.75. The lowest BCUT2D eigenvalue weighted by Gasteiger charge is -2.13. The summed E-state index contributed by atoms with van der Waals surface area (Å²) in [6, 6.07) is 28.1. The summed E-state index contributed by atoms with van der Waals surface area (Å²) in [6.45, 7) is 2.05. The Labute approximate surface area is 158 Å². The fraction of sp³-hybridized carbons (Fsp3) is 0.0417. The molecule has 4 aromatic rings. The summed E-state index contributed by atoms with van der Waals surface area (Å²) in [6.07, 6.45) is 1.75. The number of hydrogen-bond acceptors (Lipinski definition) is 3. The first-order valence-electron chi connectivity index (χ1n) is 8.75. The van der Waals surface area contributed by atoms with Crippen LogP contribution in [0.4, 0.5) is 0 Å². The summed E-state index contributed by atoms with van der Waals surface area (Å²) in [7, 11) is 0. The quantitative estimate of drug-likeness (QED) is 0.480. The zero-order valence-corrected chi connectivity index (χ0v) is 14.9. The van der Waals surface area contributed by atoms with E-state index >= 15 is 0 Å². The molecular weight excluding hydrogens is 330 g/mol. The van der Waals surface area contributed by atoms with Gasteiger partial charge in [0, 0.05) is 17.3 Å². The van der Waals surface area contributed by atoms with E-state index in [2.05, 4.69) is 30.1 Å². The van der Waals surface area contributed by atoms with Gasteiger partial charge in [-0.3, -0.25) is 4.98 Å². The molecular formula is C24H17N3. The summed E-state index contributed by atoms with van der Waals surface area (Å²) >= 11 is 0. The van der Waals surface area contributed by atoms with Crippen LogP contribution in [0.2, 0.25) is 0 Å². The first kappa shape index (κ1) is 16.7. The lowest BCUT2D eigenvalue weighted by Crippen LogP contribution is -1.97. The number of aryl methyl sites for hydroxylation is 1. The summed E-state index contributed by atoms with van der Waals surface area (Å²) in [5.74, 6) is 0. The van der Waals surface area contributed by atoms with E-state index in [0.29, 0.717) is 11.3 Å². The summed E-state index contributed by atoms with van der Waals surface area (Å²) in [5, 5.41) is 9.93. The Bertz CT molecular complexity index is 1110. The molecule has 3 nitrogen and oxygen atoms in total. The molecule has 27 heavy (non-hydrogen) atoms. The van der Waals surface area contributed by atoms with Crippen molar-refractivity contribution in [2.24, 2.45) is 0 Å². The molecule has 0 aliphatic heterocycles. The van der Waals surface area contributed by atoms with Crippen LogP contribution >= 0.6 is 0 Å². The van der Waals surface area contributed by atoms with E-state index in [1.165, 1.54) is 5.56 Å². The minimum absolute atomic E-state index is 0.574. The predicted molar refractivity (Wildman–Crippen MR) is 108 cm³/mol. The van der Waals surface area contributed by atoms with Crippen molar-refractivity contribution in [2.45, 2.75) is 6.92 Å². The van der Waals surface area contributed by atoms with Crippen molar-refractivity contribution in [1.29, 1.82) is 5.26 Å². The molecule has 0 bridgehead atoms. The molecule has 3 heteroatoms. The molecule has 0 saturated heterocycles. The van der Waals surface area contributed by atoms with Crippen LogP contribution in [0.5, 0.6) is 0 Å². The van der Waals surface area contributed by atoms with Crippen molar-refractivity contribution >= 4 is 0 Å². The number of nitriles is 1. The van der Waals surface area contributed by atoms with Crippen LogP contribution in [0.15, 0.2) is 85.1 Å². The maximum Gasteiger partial charge on any atom is 0.102 e. The lowest BCUT2D eigenvalue weighted by atomic mass is 9.94. The fourth-order valence-electron chi connectivity index (χ4n) is 3.07. The van der Waals surface area contributed by atoms with Gasteiger partial charge in [0.2, 0.25) is 0 Å². The molecule has 4 rings (SSSR count). The van der Waals surface area contributed by atoms with Crippen LogP contribution in [-0.4, -0.2) is 9.97 Å². The van der Waals surface area contributed by atoms with E-state index in [1.54, 1.807) is 6.20 Å². The number of rotatable bonds is 3. The zero-order chi connectivity index (χ0) is 18.6. The third kappa shape index (κ3) is 3.33. The highest BCUT2D eigenvalue weighted by Crippen LogP contribution is 2.34. The first-order valence-corrected chi connectivity index (χ1v) is 8.75. The average Bonchev–Trinajstić information content (AvgIpc) is 2.74. The molecule has 0 spiro atoms. The van der Waals surface area contributed by atoms with Gasteiger partial charge in [-0.2, -0.15) is 5.26 Å². The van der Waals surface area contributed by atoms with Crippen molar-refractivity contribution in [1.82, 2.24) is 9.97 Å². The molecule has 128 valence electrons. The highest BCUT2D eigenvalue weighted by Gasteiger charge is 2.17. The molecule has 0 N–H and O–H groups in total. The normalized spacial score (nSPS) is 10.4. The maximum absolute atomic E-state index is 9.93. The van der Waals surface area contributed by atoms with Gasteiger partial charge in [-0.15, -0.1) is 0 Å². The van der Waals surface area contributed by atoms with Crippen molar-refractivity contribution in [3.05, 3.63) is 96.2 Å². The minimum Gasteiger partial charge on any atom is -0.255 e. The van der Waals surface area contributed by atoms with Gasteiger partial charge >= 0.3 is 0 Å². The monoisotopic (exact) mass is 347 g/mol. The van der Waals surface area contributed by atoms with Crippen molar-refractivity contribution in [3.63, 3.8) is 0 Å². The van der Waals surface area contributed by atoms with Crippen molar-refractivity contribution in [2.75, 3.05) is 0 Å². The second kappa shape index (κ2) is 7.23. The molecule has 2 aromatic heterocycles. The van der Waals surface area contributed by atoms with Gasteiger partial charge in [0.05, 0.1) is 22.6 Å². The number of hydrogen-bond donors (Lipinski definition) is 0. The van der Waals surface area contributed by atoms with E-state index in [1.807, 2.05) is 66.7 Å². The van der Waals surface area contributed by atoms with Gasteiger partial charge in [-0.1, -0.05) is 66.2 Å². The Balaban J connectivity index is 2.02. The topological polar surface area (TPSA) is 49.6 Å². The smallest absolute Gasteiger partial charge is 0.102 e. The van der Waals surface area contributed by atoms with E-state index < -0.39 is 0 Å². The third-order valence-electron chi connectivity index (χ3n) is 4.47. The van der Waals surface area contributed by atoms with Gasteiger partial charge in [0.1, 0.15) is 6.07 Å². The third-order valence-corrected chi connectivity index (χ3v) is 4.47. The lowest BCUT2D eigenvalue weighted by molar-refractivity contribution is 1.24. The molecule has 0 unspecified atom stereocenters. The second-order valence-electron chi connectivity index (χ2n) is 6.34. The molecule has 0 fully saturated rings. The first-order chi connectivity index (χ1) is 13.3. The summed E-state index contributed by atoms with van der Waals surface area (Å²) < 4.78 is 0. The standard InChI is InChI=1S/C24H17N3/c1-17-10-12-18(13-11-17)20-15-23(22-9-5-6-14-26-22)27-24(21(20)16-25)19-7-3-2-4-8-19/h2-15H,1H3. The van der Waals surface area contributed by atoms with E-state index in [0.717, 1.165) is 28.1 Å². The Morgan fingerprint density at radius 2 is 1.52 bits per heavy atom. The van der Waals surface area contributed by atoms with E-state index in [9.17, 15) is 5.26 Å². The molecule has 0 atom stereocenters. The molecule has 2 heterocycles. The predicted octanol–water partition coefficient (Wildman–Crippen LogP) is 5.66. The van der Waals surface area contributed by atoms with E-state index in [4.69, 9.17) is 4.98 Å². The van der Waals surface area contributed by atoms with Gasteiger partial charge < -0.3 is 0 Å². The fourth-order valence-corrected chi connectivity index (χ4v) is 3.07. The number of nitrogens with zero attached hydrogens (tertiary/aromatic N) is 3. The SMILES string of the molecule is Cc1ccc(-c2cc(-c3ccccn3)nc(-c3ccccc3)c2C#N)cc1. The van der Waals surface area contributed by atoms with Crippen LogP contribution in [0.1, 0.15) is 11.1 Å². The largest absolute Gasteiger partial charge is 0.255 e. The number of aromatic nitrogens is 2. The zero-order valence-electron chi connectivity index (χ0n) is 14.9. The van der Waals surface area contributed by atoms with Crippen LogP contribution in [0, 0.1) is 18.3 Å². The summed E-state index contributed by atoms with van der Waals surface area (Å²) in [4.78, 5) is 9.25. The molecule has 0 radical (unpaired) electrons. The maximum atomic E-state index is 9.93. The van der Waals surface area contributed by atoms with Gasteiger partial charge in [0.15, 0.2) is 0 Å². The Morgan fingerprint density at radius 1 is 0.778 bits per heavy atom. The van der Waals surface area contributed by atoms with Crippen LogP contribution in [-0.2, 0) is 0 Å². The highest BCUT2D eigenvalue weighted by atomic mass is 14.8. The Morgan fingerprint density at radius 3 is 2.19 bits per heavy atom. The van der Waals surface area contributed by atoms with Gasteiger partial charge in [0.25, 0.3) is 0 Å². The van der Waals surface area contributed by atoms with Crippen molar-refractivity contribution in [3.8, 4) is 39.8 Å². The van der Waals surface area contributed by atoms with Gasteiger partial charge in [-0.25, -0.2) is 4.98 Å². The number of pyridine rings is 2. The average molecular weight is 347 g/mol. The molecule has 0 aliphatic rings. The molecule has 0 amide bonds.